The highest BCUT2D eigenvalue weighted by atomic mass is 16.2. The molecular formula is C37H62N6O6. The van der Waals surface area contributed by atoms with Crippen LogP contribution in [0.5, 0.6) is 0 Å². The molecule has 0 bridgehead atoms. The molecule has 2 saturated heterocycles. The van der Waals surface area contributed by atoms with Crippen molar-refractivity contribution in [2.75, 3.05) is 26.2 Å². The van der Waals surface area contributed by atoms with Crippen molar-refractivity contribution in [3.05, 3.63) is 0 Å². The standard InChI is InChI=1S/C37H62N6O6/c1-9-16-24(29(45)32(47)38-10-2)39-31(46)28-27-23(36(27,6)7)21-43(28)33(48)30(37(8)18-13-11-14-19-37)41-34(49)40-25(35(3,4)5)22-42-20-15-12-17-26(42)44/h23-25,27-28,30H,9-22H2,1-8H3,(H,38,47)(H,39,46)(H2,40,41,49)/t23-,24?,25+,27-,28-,30+/m0/s1. The van der Waals surface area contributed by atoms with Gasteiger partial charge in [-0.1, -0.05) is 74.1 Å². The van der Waals surface area contributed by atoms with Gasteiger partial charge in [-0.3, -0.25) is 24.0 Å². The minimum Gasteiger partial charge on any atom is -0.350 e. The zero-order chi connectivity index (χ0) is 36.3. The maximum Gasteiger partial charge on any atom is 0.315 e. The fraction of sp³-hybridized carbons (Fsp3) is 0.838. The summed E-state index contributed by atoms with van der Waals surface area (Å²) in [5.74, 6) is -2.04. The molecule has 12 heteroatoms. The monoisotopic (exact) mass is 686 g/mol. The van der Waals surface area contributed by atoms with Crippen molar-refractivity contribution in [3.8, 4) is 0 Å². The van der Waals surface area contributed by atoms with Crippen molar-refractivity contribution in [1.82, 2.24) is 31.1 Å². The second-order valence-corrected chi connectivity index (χ2v) is 16.9. The third kappa shape index (κ3) is 8.59. The Morgan fingerprint density at radius 2 is 1.59 bits per heavy atom. The van der Waals surface area contributed by atoms with Crippen LogP contribution in [0, 0.1) is 28.1 Å². The largest absolute Gasteiger partial charge is 0.350 e. The molecule has 2 heterocycles. The molecule has 6 atom stereocenters. The van der Waals surface area contributed by atoms with Gasteiger partial charge in [-0.25, -0.2) is 4.79 Å². The molecule has 2 aliphatic heterocycles. The predicted molar refractivity (Wildman–Crippen MR) is 187 cm³/mol. The summed E-state index contributed by atoms with van der Waals surface area (Å²) in [4.78, 5) is 84.3. The predicted octanol–water partition coefficient (Wildman–Crippen LogP) is 3.52. The van der Waals surface area contributed by atoms with Crippen molar-refractivity contribution < 1.29 is 28.8 Å². The molecule has 4 N–H and O–H groups in total. The van der Waals surface area contributed by atoms with Crippen molar-refractivity contribution in [2.24, 2.45) is 28.1 Å². The first-order valence-electron chi connectivity index (χ1n) is 18.7. The molecule has 0 aromatic carbocycles. The fourth-order valence-electron chi connectivity index (χ4n) is 8.52. The lowest BCUT2D eigenvalue weighted by atomic mass is 9.70. The Labute approximate surface area is 293 Å². The number of rotatable bonds is 13. The molecule has 0 radical (unpaired) electrons. The van der Waals surface area contributed by atoms with Crippen molar-refractivity contribution in [2.45, 2.75) is 144 Å². The zero-order valence-electron chi connectivity index (χ0n) is 31.2. The van der Waals surface area contributed by atoms with Crippen LogP contribution in [0.25, 0.3) is 0 Å². The number of fused-ring (bicyclic) bond motifs is 1. The van der Waals surface area contributed by atoms with Crippen LogP contribution in [-0.4, -0.2) is 95.6 Å². The van der Waals surface area contributed by atoms with Gasteiger partial charge in [0.2, 0.25) is 23.5 Å². The highest BCUT2D eigenvalue weighted by Gasteiger charge is 2.70. The molecule has 4 rings (SSSR count). The number of ketones is 1. The molecule has 6 amide bonds. The fourth-order valence-corrected chi connectivity index (χ4v) is 8.52. The highest BCUT2D eigenvalue weighted by Crippen LogP contribution is 2.65. The Hall–Kier alpha value is -3.18. The molecule has 4 aliphatic rings. The number of Topliss-reactive ketones (excluding diaryl/α,β-unsaturated/α-hetero) is 1. The summed E-state index contributed by atoms with van der Waals surface area (Å²) in [6.07, 6.45) is 7.68. The smallest absolute Gasteiger partial charge is 0.315 e. The number of hydrogen-bond donors (Lipinski definition) is 4. The number of likely N-dealkylation sites (tertiary alicyclic amines) is 2. The molecule has 12 nitrogen and oxygen atoms in total. The van der Waals surface area contributed by atoms with Crippen LogP contribution in [0.15, 0.2) is 0 Å². The van der Waals surface area contributed by atoms with E-state index in [1.54, 1.807) is 11.8 Å². The summed E-state index contributed by atoms with van der Waals surface area (Å²) >= 11 is 0. The maximum absolute atomic E-state index is 14.8. The third-order valence-corrected chi connectivity index (χ3v) is 11.9. The van der Waals surface area contributed by atoms with E-state index >= 15 is 0 Å². The number of nitrogens with one attached hydrogen (secondary N) is 4. The Morgan fingerprint density at radius 3 is 2.18 bits per heavy atom. The van der Waals surface area contributed by atoms with E-state index in [1.807, 2.05) is 32.6 Å². The van der Waals surface area contributed by atoms with Gasteiger partial charge in [-0.2, -0.15) is 0 Å². The van der Waals surface area contributed by atoms with Gasteiger partial charge in [-0.15, -0.1) is 0 Å². The lowest BCUT2D eigenvalue weighted by molar-refractivity contribution is -0.146. The van der Waals surface area contributed by atoms with Crippen molar-refractivity contribution in [1.29, 1.82) is 0 Å². The van der Waals surface area contributed by atoms with E-state index in [0.29, 0.717) is 45.4 Å². The second kappa shape index (κ2) is 15.4. The van der Waals surface area contributed by atoms with Gasteiger partial charge in [0.1, 0.15) is 12.1 Å². The topological polar surface area (TPSA) is 157 Å². The highest BCUT2D eigenvalue weighted by molar-refractivity contribution is 6.38. The molecule has 2 saturated carbocycles. The van der Waals surface area contributed by atoms with Gasteiger partial charge in [0.25, 0.3) is 5.91 Å². The molecule has 2 aliphatic carbocycles. The second-order valence-electron chi connectivity index (χ2n) is 16.9. The third-order valence-electron chi connectivity index (χ3n) is 11.9. The molecule has 4 fully saturated rings. The van der Waals surface area contributed by atoms with Crippen molar-refractivity contribution >= 4 is 35.4 Å². The molecule has 49 heavy (non-hydrogen) atoms. The Morgan fingerprint density at radius 1 is 0.918 bits per heavy atom. The summed E-state index contributed by atoms with van der Waals surface area (Å²) < 4.78 is 0. The summed E-state index contributed by atoms with van der Waals surface area (Å²) in [7, 11) is 0. The first kappa shape index (κ1) is 38.6. The van der Waals surface area contributed by atoms with Crippen LogP contribution in [0.4, 0.5) is 4.79 Å². The van der Waals surface area contributed by atoms with Crippen LogP contribution in [-0.2, 0) is 24.0 Å². The normalized spacial score (nSPS) is 26.1. The Balaban J connectivity index is 1.58. The van der Waals surface area contributed by atoms with E-state index in [1.165, 1.54) is 0 Å². The van der Waals surface area contributed by atoms with E-state index < -0.39 is 47.2 Å². The van der Waals surface area contributed by atoms with Gasteiger partial charge in [0.15, 0.2) is 0 Å². The van der Waals surface area contributed by atoms with Gasteiger partial charge in [0, 0.05) is 32.6 Å². The summed E-state index contributed by atoms with van der Waals surface area (Å²) in [6.45, 7) is 17.7. The van der Waals surface area contributed by atoms with E-state index in [4.69, 9.17) is 0 Å². The number of piperidine rings is 2. The minimum atomic E-state index is -0.987. The minimum absolute atomic E-state index is 0.0965. The van der Waals surface area contributed by atoms with Crippen LogP contribution in [0.3, 0.4) is 0 Å². The molecule has 1 unspecified atom stereocenters. The lowest BCUT2D eigenvalue weighted by Crippen LogP contribution is -2.64. The number of urea groups is 1. The van der Waals surface area contributed by atoms with Crippen LogP contribution < -0.4 is 21.3 Å². The van der Waals surface area contributed by atoms with Gasteiger partial charge in [-0.05, 0) is 67.1 Å². The molecule has 276 valence electrons. The van der Waals surface area contributed by atoms with Crippen LogP contribution >= 0.6 is 0 Å². The first-order valence-corrected chi connectivity index (χ1v) is 18.7. The van der Waals surface area contributed by atoms with Gasteiger partial charge >= 0.3 is 6.03 Å². The van der Waals surface area contributed by atoms with Crippen LogP contribution in [0.1, 0.15) is 120 Å². The maximum atomic E-state index is 14.8. The SMILES string of the molecule is CCCC(NC(=O)[C@@H]1[C@@H]2[C@H](CN1C(=O)[C@@H](NC(=O)N[C@H](CN1CCCCC1=O)C(C)(C)C)C1(C)CCCCC1)C2(C)C)C(=O)C(=O)NCC. The quantitative estimate of drug-likeness (QED) is 0.217. The van der Waals surface area contributed by atoms with Gasteiger partial charge < -0.3 is 31.1 Å². The molecular weight excluding hydrogens is 624 g/mol. The van der Waals surface area contributed by atoms with Crippen LogP contribution in [0.2, 0.25) is 0 Å². The number of nitrogens with zero attached hydrogens (tertiary/aromatic N) is 2. The number of carbonyl (C=O) groups excluding carboxylic acids is 6. The van der Waals surface area contributed by atoms with E-state index in [2.05, 4.69) is 42.0 Å². The van der Waals surface area contributed by atoms with E-state index in [0.717, 1.165) is 44.9 Å². The summed E-state index contributed by atoms with van der Waals surface area (Å²) in [5.41, 5.74) is -1.03. The molecule has 0 aromatic heterocycles. The van der Waals surface area contributed by atoms with E-state index in [-0.39, 0.29) is 40.5 Å². The Kier molecular flexibility index (Phi) is 12.1. The number of likely N-dealkylation sites (N-methyl/N-ethyl adjacent to an activating group) is 1. The number of carbonyl (C=O) groups is 6. The molecule has 0 spiro atoms. The van der Waals surface area contributed by atoms with Crippen molar-refractivity contribution in [3.63, 3.8) is 0 Å². The number of hydrogen-bond acceptors (Lipinski definition) is 6. The zero-order valence-corrected chi connectivity index (χ0v) is 31.2. The summed E-state index contributed by atoms with van der Waals surface area (Å²) in [5, 5.41) is 11.6. The number of amides is 6. The van der Waals surface area contributed by atoms with E-state index in [9.17, 15) is 28.8 Å². The first-order chi connectivity index (χ1) is 23.0. The Bertz CT molecular complexity index is 1270. The van der Waals surface area contributed by atoms with Gasteiger partial charge in [0.05, 0.1) is 12.1 Å². The lowest BCUT2D eigenvalue weighted by Gasteiger charge is -2.44. The summed E-state index contributed by atoms with van der Waals surface area (Å²) in [6, 6.07) is -3.49. The average Bonchev–Trinajstić information content (AvgIpc) is 3.34. The molecule has 0 aromatic rings. The average molecular weight is 687 g/mol.